The third-order valence-electron chi connectivity index (χ3n) is 4.26. The van der Waals surface area contributed by atoms with Gasteiger partial charge in [0.1, 0.15) is 12.2 Å². The van der Waals surface area contributed by atoms with Crippen molar-refractivity contribution in [3.8, 4) is 0 Å². The van der Waals surface area contributed by atoms with E-state index in [1.54, 1.807) is 6.33 Å². The Labute approximate surface area is 110 Å². The van der Waals surface area contributed by atoms with Gasteiger partial charge in [0.15, 0.2) is 0 Å². The van der Waals surface area contributed by atoms with Gasteiger partial charge in [0.25, 0.3) is 0 Å². The quantitative estimate of drug-likeness (QED) is 0.864. The second-order valence-electron chi connectivity index (χ2n) is 6.65. The molecule has 2 rings (SSSR count). The van der Waals surface area contributed by atoms with E-state index in [0.29, 0.717) is 5.41 Å². The Balaban J connectivity index is 1.65. The van der Waals surface area contributed by atoms with Crippen molar-refractivity contribution in [1.29, 1.82) is 0 Å². The van der Waals surface area contributed by atoms with Crippen LogP contribution in [0, 0.1) is 17.3 Å². The molecule has 0 unspecified atom stereocenters. The lowest BCUT2D eigenvalue weighted by molar-refractivity contribution is 0.149. The van der Waals surface area contributed by atoms with Crippen molar-refractivity contribution in [2.24, 2.45) is 17.3 Å². The van der Waals surface area contributed by atoms with Gasteiger partial charge in [-0.1, -0.05) is 20.8 Å². The molecule has 0 bridgehead atoms. The summed E-state index contributed by atoms with van der Waals surface area (Å²) in [7, 11) is 0. The number of rotatable bonds is 4. The number of nitrogens with zero attached hydrogens (tertiary/aromatic N) is 2. The summed E-state index contributed by atoms with van der Waals surface area (Å²) in [6.07, 6.45) is 7.07. The average molecular weight is 250 g/mol. The Morgan fingerprint density at radius 3 is 2.56 bits per heavy atom. The van der Waals surface area contributed by atoms with Crippen LogP contribution in [0.4, 0.5) is 0 Å². The summed E-state index contributed by atoms with van der Waals surface area (Å²) < 4.78 is 0. The smallest absolute Gasteiger partial charge is 0.138 e. The summed E-state index contributed by atoms with van der Waals surface area (Å²) in [5, 5.41) is 10.2. The SMILES string of the molecule is CC(C)(C)C1CCC(CNCc2ncn[nH]2)CC1. The molecule has 0 aromatic carbocycles. The zero-order valence-electron chi connectivity index (χ0n) is 11.9. The summed E-state index contributed by atoms with van der Waals surface area (Å²) in [5.74, 6) is 2.67. The van der Waals surface area contributed by atoms with Gasteiger partial charge in [0.2, 0.25) is 0 Å². The van der Waals surface area contributed by atoms with Gasteiger partial charge in [0, 0.05) is 0 Å². The Morgan fingerprint density at radius 1 is 1.28 bits per heavy atom. The number of hydrogen-bond donors (Lipinski definition) is 2. The monoisotopic (exact) mass is 250 g/mol. The van der Waals surface area contributed by atoms with E-state index < -0.39 is 0 Å². The van der Waals surface area contributed by atoms with E-state index in [2.05, 4.69) is 41.3 Å². The van der Waals surface area contributed by atoms with E-state index >= 15 is 0 Å². The molecule has 0 amide bonds. The van der Waals surface area contributed by atoms with E-state index in [-0.39, 0.29) is 0 Å². The van der Waals surface area contributed by atoms with Crippen LogP contribution < -0.4 is 5.32 Å². The largest absolute Gasteiger partial charge is 0.310 e. The summed E-state index contributed by atoms with van der Waals surface area (Å²) in [6.45, 7) is 9.04. The van der Waals surface area contributed by atoms with Gasteiger partial charge in [0.05, 0.1) is 6.54 Å². The van der Waals surface area contributed by atoms with Crippen LogP contribution in [0.15, 0.2) is 6.33 Å². The van der Waals surface area contributed by atoms with Gasteiger partial charge in [-0.05, 0) is 49.5 Å². The van der Waals surface area contributed by atoms with Gasteiger partial charge in [-0.15, -0.1) is 0 Å². The first-order valence-corrected chi connectivity index (χ1v) is 7.10. The van der Waals surface area contributed by atoms with E-state index in [1.807, 2.05) is 0 Å². The zero-order chi connectivity index (χ0) is 13.0. The molecule has 0 aliphatic heterocycles. The Kier molecular flexibility index (Phi) is 4.38. The maximum absolute atomic E-state index is 4.11. The normalized spacial score (nSPS) is 25.3. The van der Waals surface area contributed by atoms with Crippen LogP contribution in [0.2, 0.25) is 0 Å². The molecule has 1 heterocycles. The van der Waals surface area contributed by atoms with Crippen LogP contribution in [-0.4, -0.2) is 21.7 Å². The molecular weight excluding hydrogens is 224 g/mol. The number of hydrogen-bond acceptors (Lipinski definition) is 3. The van der Waals surface area contributed by atoms with E-state index in [1.165, 1.54) is 25.7 Å². The third kappa shape index (κ3) is 3.80. The van der Waals surface area contributed by atoms with Crippen molar-refractivity contribution < 1.29 is 0 Å². The van der Waals surface area contributed by atoms with Crippen LogP contribution in [0.1, 0.15) is 52.3 Å². The lowest BCUT2D eigenvalue weighted by Gasteiger charge is -2.37. The molecule has 4 heteroatoms. The summed E-state index contributed by atoms with van der Waals surface area (Å²) in [4.78, 5) is 4.11. The first kappa shape index (κ1) is 13.5. The first-order chi connectivity index (χ1) is 8.55. The first-order valence-electron chi connectivity index (χ1n) is 7.10. The van der Waals surface area contributed by atoms with Crippen molar-refractivity contribution >= 4 is 0 Å². The fraction of sp³-hybridized carbons (Fsp3) is 0.857. The fourth-order valence-corrected chi connectivity index (χ4v) is 2.94. The molecule has 1 fully saturated rings. The molecule has 0 saturated heterocycles. The molecule has 1 aromatic heterocycles. The van der Waals surface area contributed by atoms with Crippen LogP contribution in [0.25, 0.3) is 0 Å². The Morgan fingerprint density at radius 2 is 2.00 bits per heavy atom. The van der Waals surface area contributed by atoms with Crippen LogP contribution >= 0.6 is 0 Å². The predicted molar refractivity (Wildman–Crippen MR) is 73.0 cm³/mol. The van der Waals surface area contributed by atoms with Crippen LogP contribution in [-0.2, 0) is 6.54 Å². The molecule has 4 nitrogen and oxygen atoms in total. The minimum Gasteiger partial charge on any atom is -0.310 e. The van der Waals surface area contributed by atoms with Crippen molar-refractivity contribution in [3.63, 3.8) is 0 Å². The predicted octanol–water partition coefficient (Wildman–Crippen LogP) is 2.75. The van der Waals surface area contributed by atoms with Crippen molar-refractivity contribution in [2.45, 2.75) is 53.0 Å². The van der Waals surface area contributed by atoms with Gasteiger partial charge >= 0.3 is 0 Å². The van der Waals surface area contributed by atoms with Gasteiger partial charge in [-0.25, -0.2) is 4.98 Å². The summed E-state index contributed by atoms with van der Waals surface area (Å²) >= 11 is 0. The topological polar surface area (TPSA) is 53.6 Å². The minimum absolute atomic E-state index is 0.484. The lowest BCUT2D eigenvalue weighted by Crippen LogP contribution is -2.30. The Hall–Kier alpha value is -0.900. The molecule has 2 N–H and O–H groups in total. The van der Waals surface area contributed by atoms with Crippen molar-refractivity contribution in [2.75, 3.05) is 6.54 Å². The number of aromatic amines is 1. The minimum atomic E-state index is 0.484. The highest BCUT2D eigenvalue weighted by Crippen LogP contribution is 2.39. The van der Waals surface area contributed by atoms with Crippen LogP contribution in [0.3, 0.4) is 0 Å². The summed E-state index contributed by atoms with van der Waals surface area (Å²) in [5.41, 5.74) is 0.484. The molecule has 1 aromatic rings. The highest BCUT2D eigenvalue weighted by Gasteiger charge is 2.29. The van der Waals surface area contributed by atoms with Crippen molar-refractivity contribution in [1.82, 2.24) is 20.5 Å². The number of H-pyrrole nitrogens is 1. The van der Waals surface area contributed by atoms with Gasteiger partial charge < -0.3 is 5.32 Å². The Bertz CT molecular complexity index is 331. The van der Waals surface area contributed by atoms with Gasteiger partial charge in [-0.2, -0.15) is 5.10 Å². The lowest BCUT2D eigenvalue weighted by atomic mass is 9.70. The standard InChI is InChI=1S/C14H26N4/c1-14(2,3)12-6-4-11(5-7-12)8-15-9-13-16-10-17-18-13/h10-12,15H,4-9H2,1-3H3,(H,16,17,18). The molecule has 1 saturated carbocycles. The number of aromatic nitrogens is 3. The second kappa shape index (κ2) is 5.83. The second-order valence-corrected chi connectivity index (χ2v) is 6.65. The molecule has 0 atom stereocenters. The van der Waals surface area contributed by atoms with Crippen LogP contribution in [0.5, 0.6) is 0 Å². The molecule has 18 heavy (non-hydrogen) atoms. The molecule has 1 aliphatic rings. The molecule has 1 aliphatic carbocycles. The van der Waals surface area contributed by atoms with Gasteiger partial charge in [-0.3, -0.25) is 5.10 Å². The zero-order valence-corrected chi connectivity index (χ0v) is 11.9. The molecule has 0 radical (unpaired) electrons. The number of nitrogens with one attached hydrogen (secondary N) is 2. The molecular formula is C14H26N4. The third-order valence-corrected chi connectivity index (χ3v) is 4.26. The van der Waals surface area contributed by atoms with E-state index in [0.717, 1.165) is 30.7 Å². The highest BCUT2D eigenvalue weighted by molar-refractivity contribution is 4.83. The highest BCUT2D eigenvalue weighted by atomic mass is 15.2. The average Bonchev–Trinajstić information content (AvgIpc) is 2.82. The maximum Gasteiger partial charge on any atom is 0.138 e. The maximum atomic E-state index is 4.11. The fourth-order valence-electron chi connectivity index (χ4n) is 2.94. The molecule has 0 spiro atoms. The van der Waals surface area contributed by atoms with E-state index in [9.17, 15) is 0 Å². The summed E-state index contributed by atoms with van der Waals surface area (Å²) in [6, 6.07) is 0. The van der Waals surface area contributed by atoms with Crippen molar-refractivity contribution in [3.05, 3.63) is 12.2 Å². The van der Waals surface area contributed by atoms with E-state index in [4.69, 9.17) is 0 Å². The molecule has 102 valence electrons.